The highest BCUT2D eigenvalue weighted by molar-refractivity contribution is 9.10. The van der Waals surface area contributed by atoms with Crippen LogP contribution in [-0.4, -0.2) is 5.24 Å². The number of hydrogen-bond acceptors (Lipinski definition) is 1. The fraction of sp³-hybridized carbons (Fsp3) is 0. The monoisotopic (exact) mass is 244 g/mol. The first-order valence-corrected chi connectivity index (χ1v) is 4.49. The van der Waals surface area contributed by atoms with Gasteiger partial charge in [-0.25, -0.2) is 0 Å². The van der Waals surface area contributed by atoms with E-state index in [0.717, 1.165) is 10.0 Å². The Hall–Kier alpha value is -0.600. The van der Waals surface area contributed by atoms with Crippen LogP contribution in [0.2, 0.25) is 0 Å². The third-order valence-electron chi connectivity index (χ3n) is 1.30. The Morgan fingerprint density at radius 3 is 2.67 bits per heavy atom. The molecular formula is C9H6BrClO. The Labute approximate surface area is 84.2 Å². The van der Waals surface area contributed by atoms with E-state index < -0.39 is 5.24 Å². The van der Waals surface area contributed by atoms with Crippen molar-refractivity contribution in [3.05, 3.63) is 40.4 Å². The lowest BCUT2D eigenvalue weighted by Gasteiger charge is -1.94. The Morgan fingerprint density at radius 2 is 2.08 bits per heavy atom. The molecule has 0 aliphatic rings. The quantitative estimate of drug-likeness (QED) is 0.577. The van der Waals surface area contributed by atoms with Crippen LogP contribution in [0.4, 0.5) is 0 Å². The van der Waals surface area contributed by atoms with E-state index in [4.69, 9.17) is 11.6 Å². The van der Waals surface area contributed by atoms with Crippen LogP contribution in [0, 0.1) is 0 Å². The zero-order valence-corrected chi connectivity index (χ0v) is 8.47. The Kier molecular flexibility index (Phi) is 3.50. The number of benzene rings is 1. The minimum Gasteiger partial charge on any atom is -0.276 e. The molecule has 0 aromatic heterocycles. The highest BCUT2D eigenvalue weighted by Gasteiger charge is 1.93. The molecule has 62 valence electrons. The molecule has 0 aliphatic carbocycles. The SMILES string of the molecule is O=C(Cl)/C=C/c1ccccc1Br. The minimum atomic E-state index is -0.467. The van der Waals surface area contributed by atoms with Gasteiger partial charge in [-0.15, -0.1) is 0 Å². The minimum absolute atomic E-state index is 0.467. The van der Waals surface area contributed by atoms with Crippen LogP contribution in [0.25, 0.3) is 6.08 Å². The number of halogens is 2. The lowest BCUT2D eigenvalue weighted by Crippen LogP contribution is -1.77. The van der Waals surface area contributed by atoms with Gasteiger partial charge in [0.2, 0.25) is 5.24 Å². The van der Waals surface area contributed by atoms with Crippen molar-refractivity contribution >= 4 is 38.8 Å². The van der Waals surface area contributed by atoms with Gasteiger partial charge in [0.25, 0.3) is 0 Å². The van der Waals surface area contributed by atoms with Gasteiger partial charge in [0.1, 0.15) is 0 Å². The molecule has 1 aromatic carbocycles. The largest absolute Gasteiger partial charge is 0.276 e. The average molecular weight is 246 g/mol. The van der Waals surface area contributed by atoms with E-state index in [1.807, 2.05) is 24.3 Å². The van der Waals surface area contributed by atoms with Gasteiger partial charge in [-0.3, -0.25) is 4.79 Å². The van der Waals surface area contributed by atoms with Crippen molar-refractivity contribution in [2.45, 2.75) is 0 Å². The van der Waals surface area contributed by atoms with Gasteiger partial charge in [-0.2, -0.15) is 0 Å². The molecule has 0 N–H and O–H groups in total. The van der Waals surface area contributed by atoms with Crippen molar-refractivity contribution < 1.29 is 4.79 Å². The van der Waals surface area contributed by atoms with Crippen molar-refractivity contribution in [3.63, 3.8) is 0 Å². The summed E-state index contributed by atoms with van der Waals surface area (Å²) < 4.78 is 0.944. The molecule has 1 nitrogen and oxygen atoms in total. The standard InChI is InChI=1S/C9H6BrClO/c10-8-4-2-1-3-7(8)5-6-9(11)12/h1-6H/b6-5+. The van der Waals surface area contributed by atoms with E-state index in [9.17, 15) is 4.79 Å². The van der Waals surface area contributed by atoms with Crippen molar-refractivity contribution in [1.29, 1.82) is 0 Å². The Morgan fingerprint density at radius 1 is 1.42 bits per heavy atom. The smallest absolute Gasteiger partial charge is 0.245 e. The molecular weight excluding hydrogens is 239 g/mol. The maximum absolute atomic E-state index is 10.4. The highest BCUT2D eigenvalue weighted by Crippen LogP contribution is 2.17. The molecule has 0 heterocycles. The van der Waals surface area contributed by atoms with Gasteiger partial charge in [-0.05, 0) is 35.4 Å². The van der Waals surface area contributed by atoms with Crippen molar-refractivity contribution in [1.82, 2.24) is 0 Å². The molecule has 0 amide bonds. The van der Waals surface area contributed by atoms with Crippen molar-refractivity contribution in [2.75, 3.05) is 0 Å². The molecule has 0 unspecified atom stereocenters. The second-order valence-electron chi connectivity index (χ2n) is 2.16. The van der Waals surface area contributed by atoms with Crippen LogP contribution in [0.5, 0.6) is 0 Å². The van der Waals surface area contributed by atoms with Crippen LogP contribution >= 0.6 is 27.5 Å². The average Bonchev–Trinajstić information content (AvgIpc) is 2.03. The summed E-state index contributed by atoms with van der Waals surface area (Å²) in [5, 5.41) is -0.467. The summed E-state index contributed by atoms with van der Waals surface area (Å²) in [6, 6.07) is 7.59. The van der Waals surface area contributed by atoms with E-state index >= 15 is 0 Å². The van der Waals surface area contributed by atoms with Crippen LogP contribution < -0.4 is 0 Å². The van der Waals surface area contributed by atoms with Crippen LogP contribution in [0.1, 0.15) is 5.56 Å². The zero-order chi connectivity index (χ0) is 8.97. The maximum atomic E-state index is 10.4. The highest BCUT2D eigenvalue weighted by atomic mass is 79.9. The van der Waals surface area contributed by atoms with Gasteiger partial charge in [0.15, 0.2) is 0 Å². The van der Waals surface area contributed by atoms with E-state index in [-0.39, 0.29) is 0 Å². The molecule has 0 fully saturated rings. The summed E-state index contributed by atoms with van der Waals surface area (Å²) in [6.45, 7) is 0. The van der Waals surface area contributed by atoms with Crippen molar-refractivity contribution in [2.24, 2.45) is 0 Å². The molecule has 1 rings (SSSR count). The normalized spacial score (nSPS) is 10.5. The summed E-state index contributed by atoms with van der Waals surface area (Å²) in [5.74, 6) is 0. The van der Waals surface area contributed by atoms with Gasteiger partial charge >= 0.3 is 0 Å². The number of carbonyl (C=O) groups is 1. The van der Waals surface area contributed by atoms with Crippen LogP contribution in [-0.2, 0) is 4.79 Å². The fourth-order valence-electron chi connectivity index (χ4n) is 0.766. The van der Waals surface area contributed by atoms with Gasteiger partial charge in [0, 0.05) is 4.47 Å². The molecule has 3 heteroatoms. The van der Waals surface area contributed by atoms with Crippen molar-refractivity contribution in [3.8, 4) is 0 Å². The summed E-state index contributed by atoms with van der Waals surface area (Å²) in [4.78, 5) is 10.4. The Balaban J connectivity index is 2.89. The lowest BCUT2D eigenvalue weighted by molar-refractivity contribution is -0.107. The molecule has 0 atom stereocenters. The molecule has 1 aromatic rings. The number of rotatable bonds is 2. The molecule has 0 aliphatic heterocycles. The maximum Gasteiger partial charge on any atom is 0.245 e. The van der Waals surface area contributed by atoms with E-state index in [1.165, 1.54) is 6.08 Å². The Bertz CT molecular complexity index is 320. The summed E-state index contributed by atoms with van der Waals surface area (Å²) >= 11 is 8.48. The number of hydrogen-bond donors (Lipinski definition) is 0. The first-order valence-electron chi connectivity index (χ1n) is 3.32. The lowest BCUT2D eigenvalue weighted by atomic mass is 10.2. The molecule has 0 radical (unpaired) electrons. The predicted octanol–water partition coefficient (Wildman–Crippen LogP) is 3.23. The molecule has 0 spiro atoms. The predicted molar refractivity (Wildman–Crippen MR) is 54.0 cm³/mol. The van der Waals surface area contributed by atoms with Crippen LogP contribution in [0.15, 0.2) is 34.8 Å². The molecule has 12 heavy (non-hydrogen) atoms. The third-order valence-corrected chi connectivity index (χ3v) is 2.15. The topological polar surface area (TPSA) is 17.1 Å². The van der Waals surface area contributed by atoms with E-state index in [1.54, 1.807) is 6.08 Å². The van der Waals surface area contributed by atoms with Gasteiger partial charge < -0.3 is 0 Å². The number of allylic oxidation sites excluding steroid dienone is 1. The summed E-state index contributed by atoms with van der Waals surface area (Å²) in [7, 11) is 0. The molecule has 0 saturated carbocycles. The van der Waals surface area contributed by atoms with E-state index in [2.05, 4.69) is 15.9 Å². The van der Waals surface area contributed by atoms with Gasteiger partial charge in [0.05, 0.1) is 0 Å². The first kappa shape index (κ1) is 9.49. The summed E-state index contributed by atoms with van der Waals surface area (Å²) in [5.41, 5.74) is 0.937. The second-order valence-corrected chi connectivity index (χ2v) is 3.39. The second kappa shape index (κ2) is 4.43. The number of carbonyl (C=O) groups excluding carboxylic acids is 1. The van der Waals surface area contributed by atoms with E-state index in [0.29, 0.717) is 0 Å². The van der Waals surface area contributed by atoms with Gasteiger partial charge in [-0.1, -0.05) is 34.1 Å². The molecule has 0 bridgehead atoms. The summed E-state index contributed by atoms with van der Waals surface area (Å²) in [6.07, 6.45) is 2.99. The first-order chi connectivity index (χ1) is 5.70. The third kappa shape index (κ3) is 2.80. The fourth-order valence-corrected chi connectivity index (χ4v) is 1.25. The molecule has 0 saturated heterocycles. The zero-order valence-electron chi connectivity index (χ0n) is 6.13. The van der Waals surface area contributed by atoms with Crippen LogP contribution in [0.3, 0.4) is 0 Å².